The molecule has 6 heteroatoms. The van der Waals surface area contributed by atoms with Gasteiger partial charge in [-0.25, -0.2) is 9.18 Å². The first kappa shape index (κ1) is 18.1. The lowest BCUT2D eigenvalue weighted by molar-refractivity contribution is 0.120. The van der Waals surface area contributed by atoms with Gasteiger partial charge < -0.3 is 4.74 Å². The van der Waals surface area contributed by atoms with Gasteiger partial charge in [-0.2, -0.15) is 0 Å². The maximum absolute atomic E-state index is 13.1. The molecule has 0 saturated carbocycles. The Morgan fingerprint density at radius 1 is 1.10 bits per heavy atom. The van der Waals surface area contributed by atoms with Crippen LogP contribution in [0.25, 0.3) is 10.8 Å². The first-order valence-corrected chi connectivity index (χ1v) is 9.93. The van der Waals surface area contributed by atoms with Crippen LogP contribution in [0.2, 0.25) is 0 Å². The monoisotopic (exact) mass is 391 g/mol. The summed E-state index contributed by atoms with van der Waals surface area (Å²) in [5.41, 5.74) is 2.27. The Labute approximate surface area is 168 Å². The predicted molar refractivity (Wildman–Crippen MR) is 108 cm³/mol. The Balaban J connectivity index is 1.26. The number of carbonyl (C=O) groups is 1. The number of halogens is 1. The van der Waals surface area contributed by atoms with Gasteiger partial charge in [-0.15, -0.1) is 0 Å². The molecule has 0 N–H and O–H groups in total. The fourth-order valence-corrected chi connectivity index (χ4v) is 4.44. The van der Waals surface area contributed by atoms with E-state index < -0.39 is 0 Å². The van der Waals surface area contributed by atoms with E-state index in [1.54, 1.807) is 12.1 Å². The van der Waals surface area contributed by atoms with Crippen LogP contribution in [0.5, 0.6) is 0 Å². The molecule has 2 aliphatic heterocycles. The van der Waals surface area contributed by atoms with Crippen molar-refractivity contribution in [3.63, 3.8) is 0 Å². The van der Waals surface area contributed by atoms with Gasteiger partial charge in [0.15, 0.2) is 0 Å². The van der Waals surface area contributed by atoms with Crippen LogP contribution >= 0.6 is 0 Å². The minimum Gasteiger partial charge on any atom is -0.442 e. The topological polar surface area (TPSA) is 45.7 Å². The fraction of sp³-hybridized carbons (Fsp3) is 0.304. The highest BCUT2D eigenvalue weighted by molar-refractivity contribution is 5.84. The lowest BCUT2D eigenvalue weighted by atomic mass is 10.1. The van der Waals surface area contributed by atoms with E-state index in [1.165, 1.54) is 23.1 Å². The first-order valence-electron chi connectivity index (χ1n) is 9.93. The molecular weight excluding hydrogens is 369 g/mol. The third-order valence-corrected chi connectivity index (χ3v) is 5.92. The largest absolute Gasteiger partial charge is 0.442 e. The zero-order valence-electron chi connectivity index (χ0n) is 16.0. The van der Waals surface area contributed by atoms with Crippen LogP contribution in [-0.2, 0) is 17.7 Å². The summed E-state index contributed by atoms with van der Waals surface area (Å²) in [4.78, 5) is 20.7. The van der Waals surface area contributed by atoms with Gasteiger partial charge in [-0.1, -0.05) is 30.3 Å². The number of carbonyl (C=O) groups excluding carboxylic acids is 1. The van der Waals surface area contributed by atoms with E-state index in [0.717, 1.165) is 30.6 Å². The Hall–Kier alpha value is -2.99. The van der Waals surface area contributed by atoms with Crippen molar-refractivity contribution >= 4 is 16.9 Å². The molecule has 2 saturated heterocycles. The predicted octanol–water partition coefficient (Wildman–Crippen LogP) is 3.62. The van der Waals surface area contributed by atoms with Gasteiger partial charge >= 0.3 is 6.09 Å². The number of nitrogens with zero attached hydrogens (tertiary/aromatic N) is 3. The summed E-state index contributed by atoms with van der Waals surface area (Å²) in [7, 11) is 0. The third-order valence-electron chi connectivity index (χ3n) is 5.92. The second-order valence-corrected chi connectivity index (χ2v) is 7.77. The van der Waals surface area contributed by atoms with Gasteiger partial charge in [0.1, 0.15) is 11.9 Å². The highest BCUT2D eigenvalue weighted by Crippen LogP contribution is 2.29. The van der Waals surface area contributed by atoms with Crippen molar-refractivity contribution < 1.29 is 13.9 Å². The van der Waals surface area contributed by atoms with Crippen molar-refractivity contribution in [2.24, 2.45) is 0 Å². The van der Waals surface area contributed by atoms with Crippen molar-refractivity contribution in [1.82, 2.24) is 14.8 Å². The molecule has 0 unspecified atom stereocenters. The highest BCUT2D eigenvalue weighted by Gasteiger charge is 2.47. The number of hydrogen-bond acceptors (Lipinski definition) is 4. The number of benzene rings is 2. The lowest BCUT2D eigenvalue weighted by Gasteiger charge is -2.23. The molecule has 3 heterocycles. The van der Waals surface area contributed by atoms with Gasteiger partial charge in [-0.05, 0) is 41.1 Å². The molecule has 2 atom stereocenters. The molecule has 2 fully saturated rings. The van der Waals surface area contributed by atoms with Gasteiger partial charge in [0, 0.05) is 44.0 Å². The fourth-order valence-electron chi connectivity index (χ4n) is 4.44. The summed E-state index contributed by atoms with van der Waals surface area (Å²) in [6.45, 7) is 2.93. The van der Waals surface area contributed by atoms with E-state index in [4.69, 9.17) is 4.74 Å². The van der Waals surface area contributed by atoms with E-state index in [-0.39, 0.29) is 24.1 Å². The number of amides is 1. The average Bonchev–Trinajstić information content (AvgIpc) is 3.24. The molecule has 2 aliphatic rings. The molecule has 1 amide bonds. The Kier molecular flexibility index (Phi) is 4.64. The Morgan fingerprint density at radius 2 is 1.97 bits per heavy atom. The molecular formula is C23H22FN3O2. The summed E-state index contributed by atoms with van der Waals surface area (Å²) < 4.78 is 18.7. The van der Waals surface area contributed by atoms with E-state index in [2.05, 4.69) is 34.1 Å². The zero-order valence-corrected chi connectivity index (χ0v) is 16.0. The van der Waals surface area contributed by atoms with Crippen LogP contribution in [0, 0.1) is 5.82 Å². The van der Waals surface area contributed by atoms with Gasteiger partial charge in [0.2, 0.25) is 0 Å². The summed E-state index contributed by atoms with van der Waals surface area (Å²) in [6.07, 6.45) is 4.07. The normalized spacial score (nSPS) is 21.6. The maximum Gasteiger partial charge on any atom is 0.410 e. The molecule has 0 radical (unpaired) electrons. The summed E-state index contributed by atoms with van der Waals surface area (Å²) in [6, 6.07) is 14.9. The number of fused-ring (bicyclic) bond motifs is 2. The van der Waals surface area contributed by atoms with Crippen molar-refractivity contribution in [2.45, 2.75) is 25.1 Å². The lowest BCUT2D eigenvalue weighted by Crippen LogP contribution is -2.39. The minimum absolute atomic E-state index is 0.0691. The number of likely N-dealkylation sites (tertiary alicyclic amines) is 1. The molecule has 5 rings (SSSR count). The first-order chi connectivity index (χ1) is 14.2. The number of pyridine rings is 1. The second kappa shape index (κ2) is 7.44. The highest BCUT2D eigenvalue weighted by atomic mass is 19.1. The SMILES string of the molecule is O=C1O[C@@H]2CN(Cc3cccc4cnccc34)C[C@@H]2N1CCc1ccc(F)cc1. The number of hydrogen-bond donors (Lipinski definition) is 0. The van der Waals surface area contributed by atoms with E-state index >= 15 is 0 Å². The standard InChI is InChI=1S/C23H22FN3O2/c24-19-6-4-16(5-7-19)9-11-27-21-14-26(15-22(21)29-23(27)28)13-18-3-1-2-17-12-25-10-8-20(17)18/h1-8,10,12,21-22H,9,11,13-15H2/t21-,22+/m0/s1. The van der Waals surface area contributed by atoms with Gasteiger partial charge in [-0.3, -0.25) is 14.8 Å². The van der Waals surface area contributed by atoms with E-state index in [9.17, 15) is 9.18 Å². The van der Waals surface area contributed by atoms with E-state index in [0.29, 0.717) is 13.0 Å². The van der Waals surface area contributed by atoms with Gasteiger partial charge in [0.05, 0.1) is 6.04 Å². The molecule has 5 nitrogen and oxygen atoms in total. The smallest absolute Gasteiger partial charge is 0.410 e. The molecule has 148 valence electrons. The van der Waals surface area contributed by atoms with Crippen LogP contribution in [0.15, 0.2) is 60.9 Å². The Bertz CT molecular complexity index is 1030. The van der Waals surface area contributed by atoms with Crippen LogP contribution in [0.1, 0.15) is 11.1 Å². The number of ether oxygens (including phenoxy) is 1. The molecule has 2 aromatic carbocycles. The Morgan fingerprint density at radius 3 is 2.83 bits per heavy atom. The quantitative estimate of drug-likeness (QED) is 0.666. The molecule has 29 heavy (non-hydrogen) atoms. The minimum atomic E-state index is -0.245. The maximum atomic E-state index is 13.1. The molecule has 0 bridgehead atoms. The molecule has 0 spiro atoms. The summed E-state index contributed by atoms with van der Waals surface area (Å²) in [5.74, 6) is -0.245. The van der Waals surface area contributed by atoms with Crippen LogP contribution in [-0.4, -0.2) is 52.7 Å². The van der Waals surface area contributed by atoms with Crippen molar-refractivity contribution in [2.75, 3.05) is 19.6 Å². The van der Waals surface area contributed by atoms with Crippen molar-refractivity contribution in [1.29, 1.82) is 0 Å². The van der Waals surface area contributed by atoms with Crippen LogP contribution in [0.4, 0.5) is 9.18 Å². The summed E-state index contributed by atoms with van der Waals surface area (Å²) >= 11 is 0. The molecule has 1 aromatic heterocycles. The van der Waals surface area contributed by atoms with Crippen LogP contribution < -0.4 is 0 Å². The molecule has 3 aromatic rings. The van der Waals surface area contributed by atoms with Gasteiger partial charge in [0.25, 0.3) is 0 Å². The number of aromatic nitrogens is 1. The molecule has 0 aliphatic carbocycles. The second-order valence-electron chi connectivity index (χ2n) is 7.77. The summed E-state index contributed by atoms with van der Waals surface area (Å²) in [5, 5.41) is 2.35. The third kappa shape index (κ3) is 3.56. The number of rotatable bonds is 5. The van der Waals surface area contributed by atoms with Crippen LogP contribution in [0.3, 0.4) is 0 Å². The van der Waals surface area contributed by atoms with E-state index in [1.807, 2.05) is 17.3 Å². The average molecular weight is 391 g/mol. The van der Waals surface area contributed by atoms with Crippen molar-refractivity contribution in [3.8, 4) is 0 Å². The van der Waals surface area contributed by atoms with Crippen molar-refractivity contribution in [3.05, 3.63) is 77.9 Å². The zero-order chi connectivity index (χ0) is 19.8.